The molecule has 40 heavy (non-hydrogen) atoms. The molecule has 0 spiro atoms. The Morgan fingerprint density at radius 3 is 2.67 bits per heavy atom. The van der Waals surface area contributed by atoms with E-state index in [4.69, 9.17) is 40.8 Å². The number of imidazole rings is 1. The number of hydrogen-bond donors (Lipinski definition) is 3. The van der Waals surface area contributed by atoms with Gasteiger partial charge in [-0.15, -0.1) is 0 Å². The number of carbonyl (C=O) groups excluding carboxylic acids is 1. The fourth-order valence-electron chi connectivity index (χ4n) is 4.08. The van der Waals surface area contributed by atoms with Crippen LogP contribution in [0.25, 0.3) is 11.2 Å². The number of aliphatic hydroxyl groups excluding tert-OH is 1. The molecule has 0 saturated carbocycles. The highest BCUT2D eigenvalue weighted by Crippen LogP contribution is 2.48. The Kier molecular flexibility index (Phi) is 8.93. The third-order valence-electron chi connectivity index (χ3n) is 6.00. The number of aromatic nitrogens is 4. The molecule has 0 amide bonds. The number of rotatable bonds is 11. The second kappa shape index (κ2) is 11.9. The summed E-state index contributed by atoms with van der Waals surface area (Å²) >= 11 is 5.69. The first-order valence-corrected chi connectivity index (χ1v) is 15.0. The van der Waals surface area contributed by atoms with Gasteiger partial charge in [0.05, 0.1) is 26.1 Å². The second-order valence-electron chi connectivity index (χ2n) is 9.57. The first-order valence-electron chi connectivity index (χ1n) is 12.4. The van der Waals surface area contributed by atoms with Crippen molar-refractivity contribution in [2.75, 3.05) is 19.5 Å². The maximum atomic E-state index is 16.0. The summed E-state index contributed by atoms with van der Waals surface area (Å²) < 4.78 is 45.6. The number of para-hydroxylation sites is 1. The van der Waals surface area contributed by atoms with Crippen molar-refractivity contribution >= 4 is 41.5 Å². The maximum absolute atomic E-state index is 16.0. The highest BCUT2D eigenvalue weighted by molar-refractivity contribution is 8.09. The molecule has 0 radical (unpaired) electrons. The van der Waals surface area contributed by atoms with Gasteiger partial charge in [-0.3, -0.25) is 9.36 Å². The van der Waals surface area contributed by atoms with Crippen molar-refractivity contribution in [3.8, 4) is 11.6 Å². The number of ether oxygens (including phenoxy) is 3. The van der Waals surface area contributed by atoms with E-state index in [1.807, 2.05) is 0 Å². The van der Waals surface area contributed by atoms with E-state index in [0.29, 0.717) is 5.75 Å². The van der Waals surface area contributed by atoms with Gasteiger partial charge in [-0.05, 0) is 51.6 Å². The number of nitrogens with zero attached hydrogens (tertiary/aromatic N) is 4. The number of benzene rings is 1. The van der Waals surface area contributed by atoms with Crippen molar-refractivity contribution in [1.82, 2.24) is 24.6 Å². The summed E-state index contributed by atoms with van der Waals surface area (Å²) in [5.74, 6) is -0.170. The van der Waals surface area contributed by atoms with E-state index in [0.717, 1.165) is 0 Å². The maximum Gasteiger partial charge on any atom is 0.323 e. The summed E-state index contributed by atoms with van der Waals surface area (Å²) in [6, 6.07) is 7.74. The van der Waals surface area contributed by atoms with Gasteiger partial charge in [0, 0.05) is 0 Å². The van der Waals surface area contributed by atoms with Crippen LogP contribution in [0.1, 0.15) is 33.9 Å². The Labute approximate surface area is 235 Å². The molecule has 0 bridgehead atoms. The van der Waals surface area contributed by atoms with Crippen molar-refractivity contribution in [2.24, 2.45) is 0 Å². The fourth-order valence-corrected chi connectivity index (χ4v) is 6.49. The van der Waals surface area contributed by atoms with E-state index in [2.05, 4.69) is 20.0 Å². The summed E-state index contributed by atoms with van der Waals surface area (Å²) in [6.07, 6.45) is -3.22. The minimum Gasteiger partial charge on any atom is -0.479 e. The molecule has 2 aromatic heterocycles. The van der Waals surface area contributed by atoms with Crippen LogP contribution in [0.2, 0.25) is 0 Å². The zero-order chi connectivity index (χ0) is 29.2. The lowest BCUT2D eigenvalue weighted by Gasteiger charge is -2.28. The van der Waals surface area contributed by atoms with Gasteiger partial charge in [0.1, 0.15) is 24.0 Å². The molecule has 13 nitrogen and oxygen atoms in total. The molecular formula is C24H32FN6O7PS. The number of halogens is 1. The topological polar surface area (TPSA) is 165 Å². The number of anilines is 1. The van der Waals surface area contributed by atoms with Crippen molar-refractivity contribution < 1.29 is 37.5 Å². The van der Waals surface area contributed by atoms with Crippen LogP contribution in [0.5, 0.6) is 11.6 Å². The highest BCUT2D eigenvalue weighted by Gasteiger charge is 2.56. The van der Waals surface area contributed by atoms with Crippen LogP contribution in [0.15, 0.2) is 36.7 Å². The SMILES string of the molecule is COc1nc(N)nc2c1ncn2C1O[C@H](COP(=S)(N[C@H](C)C(=O)OC(C)C)Oc2ccccc2)[C@@H](O)[C@@]1(C)F. The quantitative estimate of drug-likeness (QED) is 0.218. The predicted molar refractivity (Wildman–Crippen MR) is 147 cm³/mol. The van der Waals surface area contributed by atoms with Gasteiger partial charge < -0.3 is 34.1 Å². The van der Waals surface area contributed by atoms with E-state index in [1.54, 1.807) is 51.1 Å². The van der Waals surface area contributed by atoms with E-state index in [9.17, 15) is 9.90 Å². The minimum atomic E-state index is -3.46. The van der Waals surface area contributed by atoms with Crippen LogP contribution in [0, 0.1) is 0 Å². The average molecular weight is 599 g/mol. The first kappa shape index (κ1) is 30.0. The van der Waals surface area contributed by atoms with Crippen molar-refractivity contribution in [3.05, 3.63) is 36.7 Å². The Bertz CT molecular complexity index is 1390. The molecule has 6 atom stereocenters. The number of nitrogen functional groups attached to an aromatic ring is 1. The molecule has 3 aromatic rings. The lowest BCUT2D eigenvalue weighted by atomic mass is 9.98. The van der Waals surface area contributed by atoms with Crippen LogP contribution >= 0.6 is 6.64 Å². The highest BCUT2D eigenvalue weighted by atomic mass is 32.5. The van der Waals surface area contributed by atoms with Gasteiger partial charge in [-0.2, -0.15) is 9.97 Å². The Morgan fingerprint density at radius 1 is 1.32 bits per heavy atom. The molecular weight excluding hydrogens is 566 g/mol. The van der Waals surface area contributed by atoms with Crippen LogP contribution in [-0.4, -0.2) is 74.3 Å². The van der Waals surface area contributed by atoms with Gasteiger partial charge in [0.2, 0.25) is 11.8 Å². The molecule has 1 aliphatic rings. The molecule has 1 aromatic carbocycles. The second-order valence-corrected chi connectivity index (χ2v) is 12.7. The minimum absolute atomic E-state index is 0.107. The Balaban J connectivity index is 1.56. The summed E-state index contributed by atoms with van der Waals surface area (Å²) in [7, 11) is 1.39. The predicted octanol–water partition coefficient (Wildman–Crippen LogP) is 2.65. The normalized spacial score (nSPS) is 25.1. The van der Waals surface area contributed by atoms with E-state index >= 15 is 4.39 Å². The van der Waals surface area contributed by atoms with Gasteiger partial charge in [0.15, 0.2) is 23.1 Å². The van der Waals surface area contributed by atoms with Crippen LogP contribution in [0.3, 0.4) is 0 Å². The Hall–Kier alpha value is -2.94. The van der Waals surface area contributed by atoms with Crippen LogP contribution in [-0.2, 0) is 30.6 Å². The molecule has 4 N–H and O–H groups in total. The molecule has 218 valence electrons. The van der Waals surface area contributed by atoms with Gasteiger partial charge >= 0.3 is 12.6 Å². The number of esters is 1. The fraction of sp³-hybridized carbons (Fsp3) is 0.500. The number of alkyl halides is 1. The van der Waals surface area contributed by atoms with Crippen molar-refractivity contribution in [3.63, 3.8) is 0 Å². The Morgan fingerprint density at radius 2 is 2.02 bits per heavy atom. The van der Waals surface area contributed by atoms with E-state index in [1.165, 1.54) is 24.9 Å². The first-order chi connectivity index (χ1) is 18.8. The lowest BCUT2D eigenvalue weighted by Crippen LogP contribution is -2.41. The zero-order valence-electron chi connectivity index (χ0n) is 22.6. The number of fused-ring (bicyclic) bond motifs is 1. The van der Waals surface area contributed by atoms with E-state index in [-0.39, 0.29) is 35.7 Å². The molecule has 3 heterocycles. The van der Waals surface area contributed by atoms with Gasteiger partial charge in [0.25, 0.3) is 0 Å². The molecule has 1 aliphatic heterocycles. The van der Waals surface area contributed by atoms with Crippen LogP contribution < -0.4 is 20.1 Å². The molecule has 4 rings (SSSR count). The van der Waals surface area contributed by atoms with E-state index < -0.39 is 42.8 Å². The summed E-state index contributed by atoms with van der Waals surface area (Å²) in [4.78, 5) is 24.8. The van der Waals surface area contributed by atoms with Crippen molar-refractivity contribution in [2.45, 2.75) is 63.9 Å². The monoisotopic (exact) mass is 598 g/mol. The third-order valence-corrected chi connectivity index (χ3v) is 8.50. The number of hydrogen-bond acceptors (Lipinski definition) is 12. The standard InChI is InChI=1S/C24H32FN6O7PS/c1-13(2)36-21(33)14(3)30-39(40,38-15-9-7-6-8-10-15)35-11-16-18(32)24(4,25)22(37-16)31-12-27-17-19(31)28-23(26)29-20(17)34-5/h6-10,12-14,16,18,22,32H,11H2,1-5H3,(H,30,40)(H2,26,28,29)/t14-,16-,18-,22?,24-,39?/m1/s1. The smallest absolute Gasteiger partial charge is 0.323 e. The van der Waals surface area contributed by atoms with Crippen LogP contribution in [0.4, 0.5) is 10.3 Å². The number of methoxy groups -OCH3 is 1. The average Bonchev–Trinajstić information content (AvgIpc) is 3.40. The largest absolute Gasteiger partial charge is 0.479 e. The number of carbonyl (C=O) groups is 1. The summed E-state index contributed by atoms with van der Waals surface area (Å²) in [5.41, 5.74) is 3.88. The molecule has 0 aliphatic carbocycles. The third kappa shape index (κ3) is 6.35. The van der Waals surface area contributed by atoms with Crippen molar-refractivity contribution in [1.29, 1.82) is 0 Å². The summed E-state index contributed by atoms with van der Waals surface area (Å²) in [5, 5.41) is 13.8. The van der Waals surface area contributed by atoms with Gasteiger partial charge in [-0.25, -0.2) is 14.5 Å². The lowest BCUT2D eigenvalue weighted by molar-refractivity contribution is -0.149. The molecule has 1 saturated heterocycles. The zero-order valence-corrected chi connectivity index (χ0v) is 24.3. The molecule has 1 fully saturated rings. The number of nitrogens with one attached hydrogen (secondary N) is 1. The summed E-state index contributed by atoms with van der Waals surface area (Å²) in [6.45, 7) is 2.37. The molecule has 2 unspecified atom stereocenters. The molecule has 16 heteroatoms. The van der Waals surface area contributed by atoms with Gasteiger partial charge in [-0.1, -0.05) is 18.2 Å². The number of nitrogens with two attached hydrogens (primary N) is 1. The number of aliphatic hydroxyl groups is 1.